The SMILES string of the molecule is C[C@H](NS(=O)(=O)c1ccc(F)c(C#N)c1)C(=O)O. The van der Waals surface area contributed by atoms with Crippen LogP contribution in [0.2, 0.25) is 0 Å². The minimum atomic E-state index is -4.10. The molecule has 0 aliphatic rings. The number of rotatable bonds is 4. The van der Waals surface area contributed by atoms with Gasteiger partial charge in [0.15, 0.2) is 0 Å². The number of sulfonamides is 1. The Balaban J connectivity index is 3.14. The van der Waals surface area contributed by atoms with Crippen molar-refractivity contribution in [1.29, 1.82) is 5.26 Å². The van der Waals surface area contributed by atoms with Crippen molar-refractivity contribution >= 4 is 16.0 Å². The molecule has 6 nitrogen and oxygen atoms in total. The van der Waals surface area contributed by atoms with Crippen LogP contribution in [0.4, 0.5) is 4.39 Å². The molecule has 1 atom stereocenters. The van der Waals surface area contributed by atoms with E-state index >= 15 is 0 Å². The van der Waals surface area contributed by atoms with Crippen LogP contribution >= 0.6 is 0 Å². The van der Waals surface area contributed by atoms with E-state index < -0.39 is 33.4 Å². The van der Waals surface area contributed by atoms with E-state index in [0.717, 1.165) is 25.1 Å². The van der Waals surface area contributed by atoms with Crippen molar-refractivity contribution in [2.45, 2.75) is 17.9 Å². The van der Waals surface area contributed by atoms with Crippen LogP contribution < -0.4 is 4.72 Å². The van der Waals surface area contributed by atoms with E-state index in [0.29, 0.717) is 0 Å². The van der Waals surface area contributed by atoms with Crippen LogP contribution in [0.1, 0.15) is 12.5 Å². The Kier molecular flexibility index (Phi) is 4.00. The number of hydrogen-bond acceptors (Lipinski definition) is 4. The monoisotopic (exact) mass is 272 g/mol. The molecule has 1 aromatic rings. The molecule has 0 fully saturated rings. The second kappa shape index (κ2) is 5.12. The van der Waals surface area contributed by atoms with E-state index in [-0.39, 0.29) is 4.90 Å². The zero-order chi connectivity index (χ0) is 13.9. The van der Waals surface area contributed by atoms with E-state index in [1.54, 1.807) is 0 Å². The van der Waals surface area contributed by atoms with Crippen molar-refractivity contribution < 1.29 is 22.7 Å². The van der Waals surface area contributed by atoms with Crippen molar-refractivity contribution in [3.63, 3.8) is 0 Å². The third-order valence-corrected chi connectivity index (χ3v) is 3.61. The fourth-order valence-electron chi connectivity index (χ4n) is 1.11. The first-order valence-corrected chi connectivity index (χ1v) is 6.21. The van der Waals surface area contributed by atoms with Gasteiger partial charge in [0.05, 0.1) is 10.5 Å². The Morgan fingerprint density at radius 3 is 2.67 bits per heavy atom. The summed E-state index contributed by atoms with van der Waals surface area (Å²) in [6, 6.07) is 2.79. The number of nitrogens with one attached hydrogen (secondary N) is 1. The molecule has 0 heterocycles. The molecule has 1 rings (SSSR count). The van der Waals surface area contributed by atoms with Crippen molar-refractivity contribution in [3.8, 4) is 6.07 Å². The molecule has 96 valence electrons. The molecular weight excluding hydrogens is 263 g/mol. The number of aliphatic carboxylic acids is 1. The topological polar surface area (TPSA) is 107 Å². The van der Waals surface area contributed by atoms with Crippen molar-refractivity contribution in [1.82, 2.24) is 4.72 Å². The number of nitriles is 1. The minimum absolute atomic E-state index is 0.367. The van der Waals surface area contributed by atoms with Gasteiger partial charge >= 0.3 is 5.97 Å². The van der Waals surface area contributed by atoms with Crippen molar-refractivity contribution in [2.24, 2.45) is 0 Å². The highest BCUT2D eigenvalue weighted by Gasteiger charge is 2.22. The zero-order valence-electron chi connectivity index (χ0n) is 9.21. The Hall–Kier alpha value is -1.98. The van der Waals surface area contributed by atoms with Crippen LogP contribution in [0, 0.1) is 17.1 Å². The van der Waals surface area contributed by atoms with E-state index in [1.807, 2.05) is 4.72 Å². The molecule has 0 aromatic heterocycles. The van der Waals surface area contributed by atoms with Crippen LogP contribution in [0.5, 0.6) is 0 Å². The highest BCUT2D eigenvalue weighted by Crippen LogP contribution is 2.14. The second-order valence-corrected chi connectivity index (χ2v) is 5.15. The average Bonchev–Trinajstić information content (AvgIpc) is 2.28. The van der Waals surface area contributed by atoms with Crippen LogP contribution in [0.3, 0.4) is 0 Å². The molecular formula is C10H9FN2O4S. The summed E-state index contributed by atoms with van der Waals surface area (Å²) in [5.41, 5.74) is -0.430. The highest BCUT2D eigenvalue weighted by atomic mass is 32.2. The van der Waals surface area contributed by atoms with E-state index in [9.17, 15) is 17.6 Å². The molecule has 0 radical (unpaired) electrons. The molecule has 0 aliphatic heterocycles. The number of hydrogen-bond donors (Lipinski definition) is 2. The molecule has 18 heavy (non-hydrogen) atoms. The summed E-state index contributed by atoms with van der Waals surface area (Å²) in [5.74, 6) is -2.19. The van der Waals surface area contributed by atoms with Crippen LogP contribution in [-0.4, -0.2) is 25.5 Å². The molecule has 1 aromatic carbocycles. The lowest BCUT2D eigenvalue weighted by Crippen LogP contribution is -2.38. The maximum atomic E-state index is 13.0. The van der Waals surface area contributed by atoms with Gasteiger partial charge in [0.25, 0.3) is 0 Å². The van der Waals surface area contributed by atoms with Crippen LogP contribution in [0.25, 0.3) is 0 Å². The molecule has 0 bridgehead atoms. The third-order valence-electron chi connectivity index (χ3n) is 2.07. The van der Waals surface area contributed by atoms with Gasteiger partial charge in [-0.15, -0.1) is 0 Å². The number of halogens is 1. The Labute approximate surface area is 103 Å². The fourth-order valence-corrected chi connectivity index (χ4v) is 2.33. The average molecular weight is 272 g/mol. The highest BCUT2D eigenvalue weighted by molar-refractivity contribution is 7.89. The second-order valence-electron chi connectivity index (χ2n) is 3.43. The molecule has 0 aliphatic carbocycles. The lowest BCUT2D eigenvalue weighted by molar-refractivity contribution is -0.138. The van der Waals surface area contributed by atoms with Gasteiger partial charge in [-0.05, 0) is 25.1 Å². The summed E-state index contributed by atoms with van der Waals surface area (Å²) in [6.45, 7) is 1.15. The molecule has 0 saturated heterocycles. The van der Waals surface area contributed by atoms with Gasteiger partial charge in [0.1, 0.15) is 17.9 Å². The molecule has 0 amide bonds. The van der Waals surface area contributed by atoms with Crippen LogP contribution in [-0.2, 0) is 14.8 Å². The zero-order valence-corrected chi connectivity index (χ0v) is 10.0. The smallest absolute Gasteiger partial charge is 0.321 e. The summed E-state index contributed by atoms with van der Waals surface area (Å²) in [7, 11) is -4.10. The first-order chi connectivity index (χ1) is 8.27. The normalized spacial score (nSPS) is 12.7. The van der Waals surface area contributed by atoms with Gasteiger partial charge < -0.3 is 5.11 Å². The molecule has 0 saturated carbocycles. The third kappa shape index (κ3) is 3.03. The van der Waals surface area contributed by atoms with Gasteiger partial charge in [-0.2, -0.15) is 9.98 Å². The summed E-state index contributed by atoms with van der Waals surface area (Å²) >= 11 is 0. The van der Waals surface area contributed by atoms with Crippen molar-refractivity contribution in [2.75, 3.05) is 0 Å². The quantitative estimate of drug-likeness (QED) is 0.827. The predicted octanol–water partition coefficient (Wildman–Crippen LogP) is 0.449. The summed E-state index contributed by atoms with van der Waals surface area (Å²) < 4.78 is 38.3. The number of benzene rings is 1. The minimum Gasteiger partial charge on any atom is -0.480 e. The summed E-state index contributed by atoms with van der Waals surface area (Å²) in [6.07, 6.45) is 0. The lowest BCUT2D eigenvalue weighted by atomic mass is 10.2. The number of carboxylic acid groups (broad SMARTS) is 1. The maximum Gasteiger partial charge on any atom is 0.321 e. The van der Waals surface area contributed by atoms with Gasteiger partial charge in [0, 0.05) is 0 Å². The van der Waals surface area contributed by atoms with Crippen LogP contribution in [0.15, 0.2) is 23.1 Å². The molecule has 0 spiro atoms. The maximum absolute atomic E-state index is 13.0. The summed E-state index contributed by atoms with van der Waals surface area (Å²) in [4.78, 5) is 10.2. The predicted molar refractivity (Wildman–Crippen MR) is 58.5 cm³/mol. The Morgan fingerprint density at radius 2 is 2.17 bits per heavy atom. The van der Waals surface area contributed by atoms with E-state index in [4.69, 9.17) is 10.4 Å². The number of carbonyl (C=O) groups is 1. The van der Waals surface area contributed by atoms with Gasteiger partial charge in [-0.1, -0.05) is 0 Å². The molecule has 8 heteroatoms. The van der Waals surface area contributed by atoms with Crippen molar-refractivity contribution in [3.05, 3.63) is 29.6 Å². The number of nitrogens with zero attached hydrogens (tertiary/aromatic N) is 1. The Morgan fingerprint density at radius 1 is 1.56 bits per heavy atom. The largest absolute Gasteiger partial charge is 0.480 e. The summed E-state index contributed by atoms with van der Waals surface area (Å²) in [5, 5.41) is 17.2. The molecule has 0 unspecified atom stereocenters. The Bertz CT molecular complexity index is 621. The van der Waals surface area contributed by atoms with Gasteiger partial charge in [-0.3, -0.25) is 4.79 Å². The fraction of sp³-hybridized carbons (Fsp3) is 0.200. The standard InChI is InChI=1S/C10H9FN2O4S/c1-6(10(14)15)13-18(16,17)8-2-3-9(11)7(4-8)5-12/h2-4,6,13H,1H3,(H,14,15)/t6-/m0/s1. The number of carboxylic acids is 1. The lowest BCUT2D eigenvalue weighted by Gasteiger charge is -2.10. The first kappa shape index (κ1) is 14.1. The van der Waals surface area contributed by atoms with E-state index in [1.165, 1.54) is 6.07 Å². The van der Waals surface area contributed by atoms with Gasteiger partial charge in [-0.25, -0.2) is 12.8 Å². The van der Waals surface area contributed by atoms with E-state index in [2.05, 4.69) is 0 Å². The first-order valence-electron chi connectivity index (χ1n) is 4.72. The van der Waals surface area contributed by atoms with Gasteiger partial charge in [0.2, 0.25) is 10.0 Å². The molecule has 2 N–H and O–H groups in total.